The lowest BCUT2D eigenvalue weighted by Crippen LogP contribution is -2.09. The molecule has 2 aromatic rings. The van der Waals surface area contributed by atoms with Crippen LogP contribution in [0.25, 0.3) is 0 Å². The van der Waals surface area contributed by atoms with E-state index in [-0.39, 0.29) is 0 Å². The van der Waals surface area contributed by atoms with E-state index in [1.54, 1.807) is 0 Å². The van der Waals surface area contributed by atoms with Gasteiger partial charge in [-0.3, -0.25) is 0 Å². The monoisotopic (exact) mass is 399 g/mol. The maximum atomic E-state index is 5.78. The normalized spacial score (nSPS) is 10.2. The molecule has 19 heavy (non-hydrogen) atoms. The standard InChI is InChI=1S/C14H11Br2NOS/c15-11-4-2-1-3-10(11)8-18-13-6-5-9(14(17)19)7-12(13)16/h1-7H,8H2,(H2,17,19). The summed E-state index contributed by atoms with van der Waals surface area (Å²) in [5.74, 6) is 0.760. The van der Waals surface area contributed by atoms with E-state index in [4.69, 9.17) is 22.7 Å². The fourth-order valence-electron chi connectivity index (χ4n) is 1.54. The molecule has 2 nitrogen and oxygen atoms in total. The van der Waals surface area contributed by atoms with Crippen molar-refractivity contribution in [2.24, 2.45) is 5.73 Å². The molecule has 0 heterocycles. The topological polar surface area (TPSA) is 35.2 Å². The van der Waals surface area contributed by atoms with E-state index in [1.807, 2.05) is 42.5 Å². The van der Waals surface area contributed by atoms with Gasteiger partial charge in [0.15, 0.2) is 0 Å². The smallest absolute Gasteiger partial charge is 0.134 e. The number of benzene rings is 2. The average Bonchev–Trinajstić information content (AvgIpc) is 2.39. The zero-order valence-electron chi connectivity index (χ0n) is 9.90. The Hall–Kier alpha value is -0.910. The largest absolute Gasteiger partial charge is 0.488 e. The van der Waals surface area contributed by atoms with E-state index in [1.165, 1.54) is 0 Å². The second-order valence-corrected chi connectivity index (χ2v) is 6.04. The van der Waals surface area contributed by atoms with E-state index < -0.39 is 0 Å². The van der Waals surface area contributed by atoms with Crippen LogP contribution in [0.2, 0.25) is 0 Å². The SMILES string of the molecule is NC(=S)c1ccc(OCc2ccccc2Br)c(Br)c1. The van der Waals surface area contributed by atoms with Crippen molar-refractivity contribution in [2.75, 3.05) is 0 Å². The van der Waals surface area contributed by atoms with Crippen LogP contribution in [0.15, 0.2) is 51.4 Å². The van der Waals surface area contributed by atoms with Crippen molar-refractivity contribution in [3.05, 3.63) is 62.5 Å². The van der Waals surface area contributed by atoms with Crippen molar-refractivity contribution in [1.82, 2.24) is 0 Å². The molecular weight excluding hydrogens is 390 g/mol. The zero-order valence-corrected chi connectivity index (χ0v) is 13.9. The minimum Gasteiger partial charge on any atom is -0.488 e. The van der Waals surface area contributed by atoms with Crippen LogP contribution in [0.3, 0.4) is 0 Å². The lowest BCUT2D eigenvalue weighted by atomic mass is 10.2. The number of hydrogen-bond acceptors (Lipinski definition) is 2. The highest BCUT2D eigenvalue weighted by Gasteiger charge is 2.06. The van der Waals surface area contributed by atoms with Crippen molar-refractivity contribution in [3.8, 4) is 5.75 Å². The fraction of sp³-hybridized carbons (Fsp3) is 0.0714. The van der Waals surface area contributed by atoms with Crippen LogP contribution in [0.1, 0.15) is 11.1 Å². The molecular formula is C14H11Br2NOS. The molecule has 2 rings (SSSR count). The zero-order chi connectivity index (χ0) is 13.8. The van der Waals surface area contributed by atoms with Crippen molar-refractivity contribution < 1.29 is 4.74 Å². The number of rotatable bonds is 4. The maximum Gasteiger partial charge on any atom is 0.134 e. The van der Waals surface area contributed by atoms with Gasteiger partial charge in [-0.2, -0.15) is 0 Å². The molecule has 0 atom stereocenters. The number of hydrogen-bond donors (Lipinski definition) is 1. The van der Waals surface area contributed by atoms with E-state index in [2.05, 4.69) is 31.9 Å². The lowest BCUT2D eigenvalue weighted by molar-refractivity contribution is 0.303. The van der Waals surface area contributed by atoms with Gasteiger partial charge in [0.05, 0.1) is 4.47 Å². The Morgan fingerprint density at radius 3 is 2.47 bits per heavy atom. The quantitative estimate of drug-likeness (QED) is 0.771. The van der Waals surface area contributed by atoms with E-state index in [0.717, 1.165) is 25.8 Å². The Labute approximate surface area is 134 Å². The molecule has 0 amide bonds. The molecule has 0 saturated carbocycles. The first kappa shape index (κ1) is 14.5. The van der Waals surface area contributed by atoms with Crippen molar-refractivity contribution in [3.63, 3.8) is 0 Å². The van der Waals surface area contributed by atoms with Gasteiger partial charge in [-0.05, 0) is 40.2 Å². The van der Waals surface area contributed by atoms with Crippen LogP contribution in [0, 0.1) is 0 Å². The van der Waals surface area contributed by atoms with Gasteiger partial charge in [0.25, 0.3) is 0 Å². The van der Waals surface area contributed by atoms with Crippen LogP contribution in [0.5, 0.6) is 5.75 Å². The Morgan fingerprint density at radius 1 is 1.11 bits per heavy atom. The molecule has 0 aliphatic heterocycles. The second kappa shape index (κ2) is 6.50. The number of nitrogens with two attached hydrogens (primary N) is 1. The van der Waals surface area contributed by atoms with Crippen LogP contribution in [-0.4, -0.2) is 4.99 Å². The summed E-state index contributed by atoms with van der Waals surface area (Å²) in [6.45, 7) is 0.493. The molecule has 0 radical (unpaired) electrons. The summed E-state index contributed by atoms with van der Waals surface area (Å²) in [7, 11) is 0. The highest BCUT2D eigenvalue weighted by atomic mass is 79.9. The molecule has 2 N–H and O–H groups in total. The molecule has 0 spiro atoms. The third-order valence-corrected chi connectivity index (χ3v) is 4.19. The molecule has 0 bridgehead atoms. The minimum atomic E-state index is 0.373. The average molecular weight is 401 g/mol. The fourth-order valence-corrected chi connectivity index (χ4v) is 2.56. The van der Waals surface area contributed by atoms with E-state index in [9.17, 15) is 0 Å². The van der Waals surface area contributed by atoms with Gasteiger partial charge >= 0.3 is 0 Å². The predicted molar refractivity (Wildman–Crippen MR) is 88.5 cm³/mol. The first-order valence-electron chi connectivity index (χ1n) is 5.53. The maximum absolute atomic E-state index is 5.78. The van der Waals surface area contributed by atoms with Crippen LogP contribution in [0.4, 0.5) is 0 Å². The lowest BCUT2D eigenvalue weighted by Gasteiger charge is -2.10. The Balaban J connectivity index is 2.12. The van der Waals surface area contributed by atoms with Gasteiger partial charge in [-0.15, -0.1) is 0 Å². The van der Waals surface area contributed by atoms with Crippen LogP contribution >= 0.6 is 44.1 Å². The molecule has 0 unspecified atom stereocenters. The van der Waals surface area contributed by atoms with Gasteiger partial charge in [0, 0.05) is 15.6 Å². The third-order valence-electron chi connectivity index (χ3n) is 2.56. The van der Waals surface area contributed by atoms with Gasteiger partial charge in [-0.25, -0.2) is 0 Å². The number of ether oxygens (including phenoxy) is 1. The first-order valence-corrected chi connectivity index (χ1v) is 7.53. The van der Waals surface area contributed by atoms with E-state index >= 15 is 0 Å². The van der Waals surface area contributed by atoms with Crippen LogP contribution < -0.4 is 10.5 Å². The molecule has 98 valence electrons. The summed E-state index contributed by atoms with van der Waals surface area (Å²) < 4.78 is 7.65. The van der Waals surface area contributed by atoms with Gasteiger partial charge in [0.2, 0.25) is 0 Å². The number of halogens is 2. The van der Waals surface area contributed by atoms with Crippen molar-refractivity contribution in [1.29, 1.82) is 0 Å². The molecule has 5 heteroatoms. The van der Waals surface area contributed by atoms with Crippen molar-refractivity contribution in [2.45, 2.75) is 6.61 Å². The second-order valence-electron chi connectivity index (χ2n) is 3.89. The Bertz CT molecular complexity index is 616. The summed E-state index contributed by atoms with van der Waals surface area (Å²) >= 11 is 11.9. The van der Waals surface area contributed by atoms with Gasteiger partial charge in [-0.1, -0.05) is 46.3 Å². The Kier molecular flexibility index (Phi) is 4.96. The Morgan fingerprint density at radius 2 is 1.84 bits per heavy atom. The number of thiocarbonyl (C=S) groups is 1. The first-order chi connectivity index (χ1) is 9.08. The minimum absolute atomic E-state index is 0.373. The molecule has 0 aliphatic carbocycles. The molecule has 0 saturated heterocycles. The summed E-state index contributed by atoms with van der Waals surface area (Å²) in [6, 6.07) is 13.5. The predicted octanol–water partition coefficient (Wildman–Crippen LogP) is 4.42. The summed E-state index contributed by atoms with van der Waals surface area (Å²) in [4.78, 5) is 0.373. The van der Waals surface area contributed by atoms with Gasteiger partial charge in [0.1, 0.15) is 17.3 Å². The summed E-state index contributed by atoms with van der Waals surface area (Å²) in [5.41, 5.74) is 7.49. The molecule has 2 aromatic carbocycles. The molecule has 0 aliphatic rings. The van der Waals surface area contributed by atoms with E-state index in [0.29, 0.717) is 11.6 Å². The van der Waals surface area contributed by atoms with Gasteiger partial charge < -0.3 is 10.5 Å². The third kappa shape index (κ3) is 3.78. The highest BCUT2D eigenvalue weighted by Crippen LogP contribution is 2.27. The molecule has 0 fully saturated rings. The molecule has 0 aromatic heterocycles. The highest BCUT2D eigenvalue weighted by molar-refractivity contribution is 9.10. The summed E-state index contributed by atoms with van der Waals surface area (Å²) in [5, 5.41) is 0. The van der Waals surface area contributed by atoms with Crippen LogP contribution in [-0.2, 0) is 6.61 Å². The van der Waals surface area contributed by atoms with Crippen molar-refractivity contribution >= 4 is 49.1 Å². The summed E-state index contributed by atoms with van der Waals surface area (Å²) in [6.07, 6.45) is 0.